The van der Waals surface area contributed by atoms with E-state index in [0.717, 1.165) is 35.2 Å². The Morgan fingerprint density at radius 3 is 2.96 bits per heavy atom. The quantitative estimate of drug-likeness (QED) is 0.851. The van der Waals surface area contributed by atoms with Crippen molar-refractivity contribution in [1.29, 1.82) is 0 Å². The van der Waals surface area contributed by atoms with Crippen LogP contribution in [0, 0.1) is 5.92 Å². The van der Waals surface area contributed by atoms with Gasteiger partial charge in [-0.15, -0.1) is 10.2 Å². The second-order valence-electron chi connectivity index (χ2n) is 6.27. The van der Waals surface area contributed by atoms with Crippen LogP contribution >= 0.6 is 11.6 Å². The van der Waals surface area contributed by atoms with Gasteiger partial charge in [0, 0.05) is 31.1 Å². The molecule has 0 radical (unpaired) electrons. The van der Waals surface area contributed by atoms with Gasteiger partial charge >= 0.3 is 0 Å². The van der Waals surface area contributed by atoms with E-state index in [9.17, 15) is 4.79 Å². The zero-order valence-electron chi connectivity index (χ0n) is 13.3. The molecule has 1 saturated heterocycles. The number of halogens is 1. The summed E-state index contributed by atoms with van der Waals surface area (Å²) < 4.78 is 7.44. The van der Waals surface area contributed by atoms with Gasteiger partial charge in [-0.1, -0.05) is 29.8 Å². The lowest BCUT2D eigenvalue weighted by atomic mass is 10.1. The van der Waals surface area contributed by atoms with Crippen molar-refractivity contribution in [1.82, 2.24) is 19.7 Å². The number of hydrogen-bond donors (Lipinski definition) is 0. The summed E-state index contributed by atoms with van der Waals surface area (Å²) in [6.07, 6.45) is 1.47. The Bertz CT molecular complexity index is 755. The number of rotatable bonds is 3. The van der Waals surface area contributed by atoms with Gasteiger partial charge in [0.1, 0.15) is 5.82 Å². The van der Waals surface area contributed by atoms with E-state index in [1.54, 1.807) is 0 Å². The Morgan fingerprint density at radius 2 is 2.17 bits per heavy atom. The first kappa shape index (κ1) is 15.6. The van der Waals surface area contributed by atoms with Crippen molar-refractivity contribution in [3.8, 4) is 0 Å². The van der Waals surface area contributed by atoms with Crippen LogP contribution in [-0.2, 0) is 29.0 Å². The minimum Gasteiger partial charge on any atom is -0.381 e. The van der Waals surface area contributed by atoms with Crippen LogP contribution in [-0.4, -0.2) is 45.3 Å². The van der Waals surface area contributed by atoms with Gasteiger partial charge in [-0.25, -0.2) is 0 Å². The molecule has 2 aliphatic rings. The maximum atomic E-state index is 12.5. The van der Waals surface area contributed by atoms with Gasteiger partial charge in [0.15, 0.2) is 5.82 Å². The van der Waals surface area contributed by atoms with E-state index in [4.69, 9.17) is 16.3 Å². The number of benzene rings is 1. The molecule has 1 atom stereocenters. The third-order valence-electron chi connectivity index (χ3n) is 4.73. The van der Waals surface area contributed by atoms with Crippen molar-refractivity contribution in [2.45, 2.75) is 25.9 Å². The monoisotopic (exact) mass is 346 g/mol. The van der Waals surface area contributed by atoms with E-state index in [1.807, 2.05) is 29.2 Å². The number of amides is 1. The Morgan fingerprint density at radius 1 is 1.29 bits per heavy atom. The standard InChI is InChI=1S/C17H19ClN4O2/c18-14-4-2-1-3-12(14)9-15-19-20-16-10-21(6-7-22(15)16)17(23)13-5-8-24-11-13/h1-4,13H,5-11H2/t13-/m1/s1. The number of hydrogen-bond acceptors (Lipinski definition) is 4. The summed E-state index contributed by atoms with van der Waals surface area (Å²) in [4.78, 5) is 14.4. The number of nitrogens with zero attached hydrogens (tertiary/aromatic N) is 4. The Labute approximate surface area is 145 Å². The predicted molar refractivity (Wildman–Crippen MR) is 88.6 cm³/mol. The van der Waals surface area contributed by atoms with Crippen LogP contribution in [0.5, 0.6) is 0 Å². The number of aromatic nitrogens is 3. The zero-order valence-corrected chi connectivity index (χ0v) is 14.1. The first-order valence-corrected chi connectivity index (χ1v) is 8.61. The van der Waals surface area contributed by atoms with E-state index >= 15 is 0 Å². The summed E-state index contributed by atoms with van der Waals surface area (Å²) in [5, 5.41) is 9.34. The summed E-state index contributed by atoms with van der Waals surface area (Å²) in [6.45, 7) is 3.16. The maximum absolute atomic E-state index is 12.5. The van der Waals surface area contributed by atoms with Gasteiger partial charge in [0.05, 0.1) is 19.1 Å². The van der Waals surface area contributed by atoms with Gasteiger partial charge in [-0.2, -0.15) is 0 Å². The summed E-state index contributed by atoms with van der Waals surface area (Å²) >= 11 is 6.24. The molecular weight excluding hydrogens is 328 g/mol. The maximum Gasteiger partial charge on any atom is 0.228 e. The number of carbonyl (C=O) groups is 1. The highest BCUT2D eigenvalue weighted by molar-refractivity contribution is 6.31. The molecule has 1 amide bonds. The van der Waals surface area contributed by atoms with Gasteiger partial charge in [-0.05, 0) is 18.1 Å². The van der Waals surface area contributed by atoms with E-state index < -0.39 is 0 Å². The van der Waals surface area contributed by atoms with Gasteiger partial charge in [-0.3, -0.25) is 4.79 Å². The Hall–Kier alpha value is -1.92. The molecule has 6 nitrogen and oxygen atoms in total. The highest BCUT2D eigenvalue weighted by Crippen LogP contribution is 2.22. The van der Waals surface area contributed by atoms with Crippen LogP contribution in [0.3, 0.4) is 0 Å². The molecule has 0 spiro atoms. The third kappa shape index (κ3) is 2.91. The fourth-order valence-electron chi connectivity index (χ4n) is 3.34. The summed E-state index contributed by atoms with van der Waals surface area (Å²) in [6, 6.07) is 7.78. The second kappa shape index (κ2) is 6.53. The molecule has 1 aromatic carbocycles. The third-order valence-corrected chi connectivity index (χ3v) is 5.10. The average Bonchev–Trinajstić information content (AvgIpc) is 3.26. The predicted octanol–water partition coefficient (Wildman–Crippen LogP) is 1.90. The van der Waals surface area contributed by atoms with Crippen molar-refractivity contribution in [3.05, 3.63) is 46.5 Å². The molecule has 1 aromatic heterocycles. The fourth-order valence-corrected chi connectivity index (χ4v) is 3.54. The van der Waals surface area contributed by atoms with Crippen LogP contribution in [0.2, 0.25) is 5.02 Å². The molecule has 0 aliphatic carbocycles. The van der Waals surface area contributed by atoms with Crippen molar-refractivity contribution in [2.24, 2.45) is 5.92 Å². The molecular formula is C17H19ClN4O2. The average molecular weight is 347 g/mol. The number of carbonyl (C=O) groups excluding carboxylic acids is 1. The molecule has 126 valence electrons. The summed E-state index contributed by atoms with van der Waals surface area (Å²) in [5.41, 5.74) is 1.04. The van der Waals surface area contributed by atoms with Crippen LogP contribution < -0.4 is 0 Å². The molecule has 0 unspecified atom stereocenters. The van der Waals surface area contributed by atoms with E-state index in [-0.39, 0.29) is 11.8 Å². The lowest BCUT2D eigenvalue weighted by molar-refractivity contribution is -0.137. The van der Waals surface area contributed by atoms with Crippen LogP contribution in [0.15, 0.2) is 24.3 Å². The first-order chi connectivity index (χ1) is 11.7. The van der Waals surface area contributed by atoms with Crippen molar-refractivity contribution in [2.75, 3.05) is 19.8 Å². The van der Waals surface area contributed by atoms with Crippen molar-refractivity contribution < 1.29 is 9.53 Å². The van der Waals surface area contributed by atoms with E-state index in [0.29, 0.717) is 32.7 Å². The first-order valence-electron chi connectivity index (χ1n) is 8.23. The molecule has 0 saturated carbocycles. The normalized spacial score (nSPS) is 20.2. The highest BCUT2D eigenvalue weighted by atomic mass is 35.5. The largest absolute Gasteiger partial charge is 0.381 e. The SMILES string of the molecule is O=C([C@@H]1CCOC1)N1CCn2c(Cc3ccccc3Cl)nnc2C1. The minimum absolute atomic E-state index is 0.00191. The van der Waals surface area contributed by atoms with Crippen molar-refractivity contribution in [3.63, 3.8) is 0 Å². The fraction of sp³-hybridized carbons (Fsp3) is 0.471. The van der Waals surface area contributed by atoms with E-state index in [1.165, 1.54) is 0 Å². The Kier molecular flexibility index (Phi) is 4.24. The van der Waals surface area contributed by atoms with Crippen LogP contribution in [0.4, 0.5) is 0 Å². The number of fused-ring (bicyclic) bond motifs is 1. The molecule has 0 N–H and O–H groups in total. The molecule has 7 heteroatoms. The van der Waals surface area contributed by atoms with E-state index in [2.05, 4.69) is 14.8 Å². The number of ether oxygens (including phenoxy) is 1. The highest BCUT2D eigenvalue weighted by Gasteiger charge is 2.31. The molecule has 1 fully saturated rings. The molecule has 3 heterocycles. The molecule has 4 rings (SSSR count). The van der Waals surface area contributed by atoms with Crippen LogP contribution in [0.1, 0.15) is 23.6 Å². The molecule has 0 bridgehead atoms. The summed E-state index contributed by atoms with van der Waals surface area (Å²) in [5.74, 6) is 1.92. The second-order valence-corrected chi connectivity index (χ2v) is 6.68. The molecule has 24 heavy (non-hydrogen) atoms. The van der Waals surface area contributed by atoms with Gasteiger partial charge in [0.25, 0.3) is 0 Å². The topological polar surface area (TPSA) is 60.2 Å². The zero-order chi connectivity index (χ0) is 16.5. The van der Waals surface area contributed by atoms with Gasteiger partial charge < -0.3 is 14.2 Å². The summed E-state index contributed by atoms with van der Waals surface area (Å²) in [7, 11) is 0. The van der Waals surface area contributed by atoms with Crippen LogP contribution in [0.25, 0.3) is 0 Å². The van der Waals surface area contributed by atoms with Gasteiger partial charge in [0.2, 0.25) is 5.91 Å². The lowest BCUT2D eigenvalue weighted by Gasteiger charge is -2.29. The minimum atomic E-state index is 0.00191. The van der Waals surface area contributed by atoms with Crippen molar-refractivity contribution >= 4 is 17.5 Å². The molecule has 2 aromatic rings. The molecule has 2 aliphatic heterocycles. The Balaban J connectivity index is 1.49. The lowest BCUT2D eigenvalue weighted by Crippen LogP contribution is -2.42. The smallest absolute Gasteiger partial charge is 0.228 e.